The van der Waals surface area contributed by atoms with Crippen LogP contribution < -0.4 is 9.47 Å². The van der Waals surface area contributed by atoms with Gasteiger partial charge in [-0.15, -0.1) is 12.6 Å². The molecule has 0 spiro atoms. The summed E-state index contributed by atoms with van der Waals surface area (Å²) in [5, 5.41) is 0. The molecule has 1 rings (SSSR count). The Morgan fingerprint density at radius 1 is 0.515 bits per heavy atom. The molecule has 0 saturated carbocycles. The summed E-state index contributed by atoms with van der Waals surface area (Å²) in [6.07, 6.45) is 9.76. The summed E-state index contributed by atoms with van der Waals surface area (Å²) in [6, 6.07) is 5.60. The summed E-state index contributed by atoms with van der Waals surface area (Å²) in [4.78, 5) is 0.821. The van der Waals surface area contributed by atoms with Gasteiger partial charge in [0.2, 0.25) is 0 Å². The van der Waals surface area contributed by atoms with Crippen LogP contribution in [0.5, 0.6) is 11.5 Å². The molecule has 0 radical (unpaired) electrons. The first-order chi connectivity index (χ1) is 16.3. The van der Waals surface area contributed by atoms with Gasteiger partial charge < -0.3 is 28.4 Å². The molecule has 0 amide bonds. The topological polar surface area (TPSA) is 55.4 Å². The first-order valence-electron chi connectivity index (χ1n) is 12.7. The fourth-order valence-corrected chi connectivity index (χ4v) is 3.25. The molecule has 0 aliphatic heterocycles. The summed E-state index contributed by atoms with van der Waals surface area (Å²) in [5.41, 5.74) is 0. The molecule has 0 aliphatic rings. The molecule has 0 bridgehead atoms. The normalized spacial score (nSPS) is 11.1. The largest absolute Gasteiger partial charge is 0.487 e. The third-order valence-corrected chi connectivity index (χ3v) is 5.20. The van der Waals surface area contributed by atoms with E-state index in [1.165, 1.54) is 38.5 Å². The molecule has 0 saturated heterocycles. The van der Waals surface area contributed by atoms with Gasteiger partial charge in [-0.3, -0.25) is 0 Å². The Hall–Kier alpha value is -0.990. The molecule has 1 aromatic rings. The Labute approximate surface area is 207 Å². The van der Waals surface area contributed by atoms with Gasteiger partial charge in [-0.05, 0) is 31.0 Å². The van der Waals surface area contributed by atoms with E-state index in [1.807, 2.05) is 18.2 Å². The van der Waals surface area contributed by atoms with Crippen LogP contribution >= 0.6 is 12.6 Å². The smallest absolute Gasteiger partial charge is 0.162 e. The third kappa shape index (κ3) is 18.1. The average molecular weight is 487 g/mol. The summed E-state index contributed by atoms with van der Waals surface area (Å²) in [5.74, 6) is 1.34. The van der Waals surface area contributed by atoms with Crippen molar-refractivity contribution in [3.8, 4) is 11.5 Å². The highest BCUT2D eigenvalue weighted by atomic mass is 32.1. The minimum atomic E-state index is 0.441. The fraction of sp³-hybridized carbons (Fsp3) is 0.769. The first kappa shape index (κ1) is 30.0. The number of thiol groups is 1. The summed E-state index contributed by atoms with van der Waals surface area (Å²) in [7, 11) is 0. The van der Waals surface area contributed by atoms with E-state index >= 15 is 0 Å². The molecular weight excluding hydrogens is 440 g/mol. The zero-order valence-corrected chi connectivity index (χ0v) is 21.8. The van der Waals surface area contributed by atoms with Crippen molar-refractivity contribution in [2.75, 3.05) is 66.1 Å². The van der Waals surface area contributed by atoms with Gasteiger partial charge >= 0.3 is 0 Å². The SMILES string of the molecule is CCCCCCOCCOCCOc1ccc(S)cc1OCCOCCOCCCCCC. The first-order valence-corrected chi connectivity index (χ1v) is 13.1. The number of ether oxygens (including phenoxy) is 6. The van der Waals surface area contributed by atoms with Gasteiger partial charge in [-0.1, -0.05) is 52.4 Å². The lowest BCUT2D eigenvalue weighted by Gasteiger charge is -2.14. The van der Waals surface area contributed by atoms with Crippen molar-refractivity contribution in [2.24, 2.45) is 0 Å². The lowest BCUT2D eigenvalue weighted by atomic mass is 10.2. The Kier molecular flexibility index (Phi) is 20.7. The van der Waals surface area contributed by atoms with Gasteiger partial charge in [0.15, 0.2) is 11.5 Å². The maximum Gasteiger partial charge on any atom is 0.162 e. The predicted octanol–water partition coefficient (Wildman–Crippen LogP) is 5.96. The van der Waals surface area contributed by atoms with Gasteiger partial charge in [0.1, 0.15) is 13.2 Å². The average Bonchev–Trinajstić information content (AvgIpc) is 2.82. The zero-order chi connectivity index (χ0) is 23.8. The Morgan fingerprint density at radius 3 is 1.48 bits per heavy atom. The van der Waals surface area contributed by atoms with E-state index in [0.29, 0.717) is 64.4 Å². The summed E-state index contributed by atoms with van der Waals surface area (Å²) >= 11 is 4.40. The van der Waals surface area contributed by atoms with Gasteiger partial charge in [0, 0.05) is 18.1 Å². The van der Waals surface area contributed by atoms with E-state index in [0.717, 1.165) is 31.0 Å². The van der Waals surface area contributed by atoms with Crippen molar-refractivity contribution in [2.45, 2.75) is 70.1 Å². The minimum absolute atomic E-state index is 0.441. The number of unbranched alkanes of at least 4 members (excludes halogenated alkanes) is 6. The van der Waals surface area contributed by atoms with Crippen molar-refractivity contribution >= 4 is 12.6 Å². The Morgan fingerprint density at radius 2 is 0.970 bits per heavy atom. The van der Waals surface area contributed by atoms with E-state index in [4.69, 9.17) is 28.4 Å². The highest BCUT2D eigenvalue weighted by molar-refractivity contribution is 7.80. The van der Waals surface area contributed by atoms with Crippen LogP contribution in [0, 0.1) is 0 Å². The zero-order valence-electron chi connectivity index (χ0n) is 20.9. The molecule has 0 unspecified atom stereocenters. The lowest BCUT2D eigenvalue weighted by molar-refractivity contribution is 0.0320. The molecule has 0 aliphatic carbocycles. The van der Waals surface area contributed by atoms with Gasteiger partial charge in [-0.25, -0.2) is 0 Å². The van der Waals surface area contributed by atoms with Crippen LogP contribution in [0.2, 0.25) is 0 Å². The van der Waals surface area contributed by atoms with Crippen LogP contribution in [0.1, 0.15) is 65.2 Å². The molecule has 0 N–H and O–H groups in total. The maximum atomic E-state index is 5.84. The number of hydrogen-bond donors (Lipinski definition) is 1. The van der Waals surface area contributed by atoms with Crippen LogP contribution in [-0.2, 0) is 18.9 Å². The molecule has 6 nitrogen and oxygen atoms in total. The number of rotatable bonds is 24. The van der Waals surface area contributed by atoms with Crippen LogP contribution in [-0.4, -0.2) is 66.1 Å². The second kappa shape index (κ2) is 22.8. The maximum absolute atomic E-state index is 5.84. The van der Waals surface area contributed by atoms with Crippen molar-refractivity contribution < 1.29 is 28.4 Å². The van der Waals surface area contributed by atoms with E-state index in [-0.39, 0.29) is 0 Å². The molecular formula is C26H46O6S. The lowest BCUT2D eigenvalue weighted by Crippen LogP contribution is -2.13. The molecule has 33 heavy (non-hydrogen) atoms. The van der Waals surface area contributed by atoms with Crippen LogP contribution in [0.15, 0.2) is 23.1 Å². The Bertz CT molecular complexity index is 558. The quantitative estimate of drug-likeness (QED) is 0.144. The van der Waals surface area contributed by atoms with E-state index in [1.54, 1.807) is 0 Å². The third-order valence-electron chi connectivity index (χ3n) is 4.93. The van der Waals surface area contributed by atoms with Gasteiger partial charge in [0.25, 0.3) is 0 Å². The number of benzene rings is 1. The van der Waals surface area contributed by atoms with Crippen molar-refractivity contribution in [3.05, 3.63) is 18.2 Å². The van der Waals surface area contributed by atoms with Crippen LogP contribution in [0.25, 0.3) is 0 Å². The summed E-state index contributed by atoms with van der Waals surface area (Å²) in [6.45, 7) is 10.3. The van der Waals surface area contributed by atoms with Crippen LogP contribution in [0.4, 0.5) is 0 Å². The van der Waals surface area contributed by atoms with E-state index < -0.39 is 0 Å². The molecule has 0 atom stereocenters. The van der Waals surface area contributed by atoms with Crippen LogP contribution in [0.3, 0.4) is 0 Å². The molecule has 192 valence electrons. The predicted molar refractivity (Wildman–Crippen MR) is 136 cm³/mol. The second-order valence-electron chi connectivity index (χ2n) is 7.90. The minimum Gasteiger partial charge on any atom is -0.487 e. The Balaban J connectivity index is 2.07. The molecule has 0 heterocycles. The van der Waals surface area contributed by atoms with E-state index in [2.05, 4.69) is 26.5 Å². The molecule has 7 heteroatoms. The monoisotopic (exact) mass is 486 g/mol. The highest BCUT2D eigenvalue weighted by Crippen LogP contribution is 2.29. The van der Waals surface area contributed by atoms with Gasteiger partial charge in [-0.2, -0.15) is 0 Å². The van der Waals surface area contributed by atoms with Crippen molar-refractivity contribution in [1.82, 2.24) is 0 Å². The highest BCUT2D eigenvalue weighted by Gasteiger charge is 2.06. The summed E-state index contributed by atoms with van der Waals surface area (Å²) < 4.78 is 34.0. The molecule has 0 fully saturated rings. The fourth-order valence-electron chi connectivity index (χ4n) is 3.06. The molecule has 0 aromatic heterocycles. The molecule has 1 aromatic carbocycles. The van der Waals surface area contributed by atoms with Gasteiger partial charge in [0.05, 0.1) is 39.6 Å². The van der Waals surface area contributed by atoms with E-state index in [9.17, 15) is 0 Å². The number of hydrogen-bond acceptors (Lipinski definition) is 7. The standard InChI is InChI=1S/C26H46O6S/c1-3-5-7-9-13-27-15-17-29-19-21-31-25-12-11-24(33)23-26(25)32-22-20-30-18-16-28-14-10-8-6-4-2/h11-12,23,33H,3-10,13-22H2,1-2H3. The second-order valence-corrected chi connectivity index (χ2v) is 8.42. The van der Waals surface area contributed by atoms with Crippen molar-refractivity contribution in [1.29, 1.82) is 0 Å². The van der Waals surface area contributed by atoms with Crippen molar-refractivity contribution in [3.63, 3.8) is 0 Å².